The lowest BCUT2D eigenvalue weighted by Gasteiger charge is -2.20. The van der Waals surface area contributed by atoms with Gasteiger partial charge in [0.1, 0.15) is 12.1 Å². The molecule has 1 amide bonds. The van der Waals surface area contributed by atoms with Crippen molar-refractivity contribution in [3.8, 4) is 22.9 Å². The molecule has 1 aliphatic heterocycles. The summed E-state index contributed by atoms with van der Waals surface area (Å²) in [6.45, 7) is 0. The number of hydrogen-bond donors (Lipinski definition) is 2. The number of nitrogens with one attached hydrogen (secondary N) is 1. The van der Waals surface area contributed by atoms with Gasteiger partial charge in [0.15, 0.2) is 17.3 Å². The minimum atomic E-state index is -0.341. The van der Waals surface area contributed by atoms with E-state index in [0.29, 0.717) is 11.5 Å². The second kappa shape index (κ2) is 7.67. The summed E-state index contributed by atoms with van der Waals surface area (Å²) in [5.41, 5.74) is 2.20. The molecule has 1 atom stereocenters. The minimum Gasteiger partial charge on any atom is -0.502 e. The lowest BCUT2D eigenvalue weighted by atomic mass is 10.1. The molecule has 9 heteroatoms. The molecular weight excluding hydrogens is 397 g/mol. The molecule has 2 heterocycles. The van der Waals surface area contributed by atoms with Gasteiger partial charge in [0, 0.05) is 5.69 Å². The number of phenolic OH excluding ortho intramolecular Hbond substituents is 1. The minimum absolute atomic E-state index is 0.0983. The molecule has 3 aromatic rings. The van der Waals surface area contributed by atoms with E-state index < -0.39 is 0 Å². The van der Waals surface area contributed by atoms with Crippen molar-refractivity contribution in [1.29, 1.82) is 0 Å². The van der Waals surface area contributed by atoms with Crippen molar-refractivity contribution < 1.29 is 23.8 Å². The number of amides is 1. The topological polar surface area (TPSA) is 85.6 Å². The van der Waals surface area contributed by atoms with E-state index in [-0.39, 0.29) is 40.0 Å². The predicted molar refractivity (Wildman–Crippen MR) is 108 cm³/mol. The Kier molecular flexibility index (Phi) is 5.06. The Labute approximate surface area is 170 Å². The van der Waals surface area contributed by atoms with E-state index in [4.69, 9.17) is 9.47 Å². The SMILES string of the molecule is COc1cc(C2SCC(=O)Nc3ncn(-c4ccc(F)cc4)c32)cc(OC)c1O. The first-order chi connectivity index (χ1) is 14.0. The number of anilines is 1. The van der Waals surface area contributed by atoms with Gasteiger partial charge < -0.3 is 19.9 Å². The number of carbonyl (C=O) groups excluding carboxylic acids is 1. The van der Waals surface area contributed by atoms with Crippen molar-refractivity contribution in [2.24, 2.45) is 0 Å². The Morgan fingerprint density at radius 3 is 2.48 bits per heavy atom. The highest BCUT2D eigenvalue weighted by Crippen LogP contribution is 2.46. The summed E-state index contributed by atoms with van der Waals surface area (Å²) in [5, 5.41) is 12.7. The van der Waals surface area contributed by atoms with Gasteiger partial charge in [-0.05, 0) is 42.0 Å². The standard InChI is InChI=1S/C20H18FN3O4S/c1-27-14-7-11(8-15(28-2)18(14)26)19-17-20(23-16(25)9-29-19)22-10-24(17)13-5-3-12(21)4-6-13/h3-8,10,19,26H,9H2,1-2H3,(H,23,25). The molecule has 0 aliphatic carbocycles. The lowest BCUT2D eigenvalue weighted by Crippen LogP contribution is -2.12. The van der Waals surface area contributed by atoms with Gasteiger partial charge in [-0.25, -0.2) is 9.37 Å². The van der Waals surface area contributed by atoms with Crippen molar-refractivity contribution in [3.05, 3.63) is 59.8 Å². The highest BCUT2D eigenvalue weighted by Gasteiger charge is 2.30. The molecule has 1 aliphatic rings. The molecule has 0 radical (unpaired) electrons. The van der Waals surface area contributed by atoms with Crippen LogP contribution in [0.25, 0.3) is 5.69 Å². The smallest absolute Gasteiger partial charge is 0.235 e. The van der Waals surface area contributed by atoms with Crippen LogP contribution in [0, 0.1) is 5.82 Å². The molecule has 0 saturated heterocycles. The zero-order chi connectivity index (χ0) is 20.5. The van der Waals surface area contributed by atoms with Crippen molar-refractivity contribution in [3.63, 3.8) is 0 Å². The molecule has 1 unspecified atom stereocenters. The summed E-state index contributed by atoms with van der Waals surface area (Å²) in [6, 6.07) is 9.43. The van der Waals surface area contributed by atoms with Crippen LogP contribution in [0.2, 0.25) is 0 Å². The molecule has 150 valence electrons. The molecule has 1 aromatic heterocycles. The molecule has 2 N–H and O–H groups in total. The summed E-state index contributed by atoms with van der Waals surface area (Å²) in [6.07, 6.45) is 1.59. The van der Waals surface area contributed by atoms with Crippen LogP contribution in [0.15, 0.2) is 42.7 Å². The summed E-state index contributed by atoms with van der Waals surface area (Å²) in [7, 11) is 2.91. The van der Waals surface area contributed by atoms with Crippen molar-refractivity contribution in [1.82, 2.24) is 9.55 Å². The zero-order valence-electron chi connectivity index (χ0n) is 15.7. The number of fused-ring (bicyclic) bond motifs is 1. The second-order valence-corrected chi connectivity index (χ2v) is 7.43. The number of hydrogen-bond acceptors (Lipinski definition) is 6. The maximum absolute atomic E-state index is 13.4. The fraction of sp³-hybridized carbons (Fsp3) is 0.200. The first-order valence-electron chi connectivity index (χ1n) is 8.71. The van der Waals surface area contributed by atoms with E-state index in [1.807, 2.05) is 4.57 Å². The molecule has 4 rings (SSSR count). The van der Waals surface area contributed by atoms with Gasteiger partial charge in [-0.15, -0.1) is 11.8 Å². The molecule has 29 heavy (non-hydrogen) atoms. The normalized spacial score (nSPS) is 16.0. The second-order valence-electron chi connectivity index (χ2n) is 6.34. The number of rotatable bonds is 4. The number of phenols is 1. The van der Waals surface area contributed by atoms with Crippen LogP contribution < -0.4 is 14.8 Å². The number of ether oxygens (including phenoxy) is 2. The van der Waals surface area contributed by atoms with E-state index >= 15 is 0 Å². The van der Waals surface area contributed by atoms with Crippen molar-refractivity contribution >= 4 is 23.5 Å². The third-order valence-electron chi connectivity index (χ3n) is 4.60. The Bertz CT molecular complexity index is 1040. The van der Waals surface area contributed by atoms with Gasteiger partial charge in [-0.1, -0.05) is 0 Å². The molecule has 0 fully saturated rings. The van der Waals surface area contributed by atoms with Crippen molar-refractivity contribution in [2.75, 3.05) is 25.3 Å². The van der Waals surface area contributed by atoms with Crippen LogP contribution in [0.1, 0.15) is 16.5 Å². The molecular formula is C20H18FN3O4S. The largest absolute Gasteiger partial charge is 0.502 e. The summed E-state index contributed by atoms with van der Waals surface area (Å²) >= 11 is 1.41. The van der Waals surface area contributed by atoms with Crippen LogP contribution in [-0.2, 0) is 4.79 Å². The molecule has 0 saturated carbocycles. The molecule has 7 nitrogen and oxygen atoms in total. The number of aromatic nitrogens is 2. The van der Waals surface area contributed by atoms with Gasteiger partial charge >= 0.3 is 0 Å². The Hall–Kier alpha value is -3.20. The van der Waals surface area contributed by atoms with E-state index in [2.05, 4.69) is 10.3 Å². The number of nitrogens with zero attached hydrogens (tertiary/aromatic N) is 2. The average Bonchev–Trinajstić information content (AvgIpc) is 3.04. The number of halogens is 1. The Morgan fingerprint density at radius 1 is 1.21 bits per heavy atom. The van der Waals surface area contributed by atoms with Gasteiger partial charge in [-0.3, -0.25) is 9.36 Å². The number of carbonyl (C=O) groups is 1. The maximum atomic E-state index is 13.4. The first-order valence-corrected chi connectivity index (χ1v) is 9.76. The summed E-state index contributed by atoms with van der Waals surface area (Å²) < 4.78 is 25.8. The summed E-state index contributed by atoms with van der Waals surface area (Å²) in [4.78, 5) is 16.5. The quantitative estimate of drug-likeness (QED) is 0.678. The first kappa shape index (κ1) is 19.1. The van der Waals surface area contributed by atoms with Gasteiger partial charge in [0.05, 0.1) is 30.9 Å². The lowest BCUT2D eigenvalue weighted by molar-refractivity contribution is -0.113. The Morgan fingerprint density at radius 2 is 1.86 bits per heavy atom. The monoisotopic (exact) mass is 415 g/mol. The van der Waals surface area contributed by atoms with Crippen LogP contribution in [0.5, 0.6) is 17.2 Å². The number of aromatic hydroxyl groups is 1. The maximum Gasteiger partial charge on any atom is 0.235 e. The fourth-order valence-electron chi connectivity index (χ4n) is 3.24. The van der Waals surface area contributed by atoms with Crippen LogP contribution in [0.3, 0.4) is 0 Å². The van der Waals surface area contributed by atoms with Gasteiger partial charge in [-0.2, -0.15) is 0 Å². The van der Waals surface area contributed by atoms with Crippen molar-refractivity contribution in [2.45, 2.75) is 5.25 Å². The molecule has 0 spiro atoms. The van der Waals surface area contributed by atoms with Gasteiger partial charge in [0.2, 0.25) is 11.7 Å². The van der Waals surface area contributed by atoms with E-state index in [1.165, 1.54) is 38.1 Å². The van der Waals surface area contributed by atoms with Crippen LogP contribution in [-0.4, -0.2) is 40.5 Å². The third kappa shape index (κ3) is 3.49. The highest BCUT2D eigenvalue weighted by molar-refractivity contribution is 8.00. The van der Waals surface area contributed by atoms with E-state index in [1.54, 1.807) is 30.6 Å². The van der Waals surface area contributed by atoms with E-state index in [9.17, 15) is 14.3 Å². The molecule has 0 bridgehead atoms. The Balaban J connectivity index is 1.90. The van der Waals surface area contributed by atoms with Gasteiger partial charge in [0.25, 0.3) is 0 Å². The average molecular weight is 415 g/mol. The number of thioether (sulfide) groups is 1. The highest BCUT2D eigenvalue weighted by atomic mass is 32.2. The van der Waals surface area contributed by atoms with Crippen LogP contribution in [0.4, 0.5) is 10.2 Å². The fourth-order valence-corrected chi connectivity index (χ4v) is 4.34. The number of benzene rings is 2. The third-order valence-corrected chi connectivity index (χ3v) is 5.86. The predicted octanol–water partition coefficient (Wildman–Crippen LogP) is 3.51. The van der Waals surface area contributed by atoms with E-state index in [0.717, 1.165) is 11.3 Å². The van der Waals surface area contributed by atoms with Crippen LogP contribution >= 0.6 is 11.8 Å². The number of imidazole rings is 1. The zero-order valence-corrected chi connectivity index (χ0v) is 16.5. The molecule has 2 aromatic carbocycles. The summed E-state index contributed by atoms with van der Waals surface area (Å²) in [5.74, 6) is 0.568. The number of methoxy groups -OCH3 is 2.